The number of aromatic nitrogens is 3. The normalized spacial score (nSPS) is 10.3. The predicted molar refractivity (Wildman–Crippen MR) is 51.3 cm³/mol. The summed E-state index contributed by atoms with van der Waals surface area (Å²) in [4.78, 5) is 4.23. The quantitative estimate of drug-likeness (QED) is 0.717. The van der Waals surface area contributed by atoms with Gasteiger partial charge in [0.25, 0.3) is 0 Å². The fraction of sp³-hybridized carbons (Fsp3) is 0.200. The van der Waals surface area contributed by atoms with Crippen molar-refractivity contribution >= 4 is 0 Å². The van der Waals surface area contributed by atoms with Crippen molar-refractivity contribution in [3.63, 3.8) is 0 Å². The Balaban J connectivity index is 2.47. The molecule has 0 amide bonds. The highest BCUT2D eigenvalue weighted by Crippen LogP contribution is 2.19. The Bertz CT molecular complexity index is 400. The number of nitrogens with zero attached hydrogens (tertiary/aromatic N) is 2. The molecule has 0 aromatic carbocycles. The maximum atomic E-state index is 4.23. The van der Waals surface area contributed by atoms with Crippen LogP contribution in [0.1, 0.15) is 11.4 Å². The van der Waals surface area contributed by atoms with Crippen molar-refractivity contribution in [2.24, 2.45) is 0 Å². The van der Waals surface area contributed by atoms with E-state index in [9.17, 15) is 0 Å². The van der Waals surface area contributed by atoms with Crippen molar-refractivity contribution in [3.05, 3.63) is 35.9 Å². The van der Waals surface area contributed by atoms with Crippen LogP contribution in [0, 0.1) is 13.8 Å². The molecule has 3 heteroatoms. The minimum atomic E-state index is 1.03. The average molecular weight is 173 g/mol. The summed E-state index contributed by atoms with van der Waals surface area (Å²) in [7, 11) is 0. The van der Waals surface area contributed by atoms with Crippen LogP contribution in [0.25, 0.3) is 11.1 Å². The zero-order valence-electron chi connectivity index (χ0n) is 7.70. The van der Waals surface area contributed by atoms with E-state index in [-0.39, 0.29) is 0 Å². The second-order valence-electron chi connectivity index (χ2n) is 3.10. The molecule has 0 bridgehead atoms. The molecular weight excluding hydrogens is 162 g/mol. The summed E-state index contributed by atoms with van der Waals surface area (Å²) in [6.07, 6.45) is 3.69. The molecule has 0 unspecified atom stereocenters. The third kappa shape index (κ3) is 1.45. The largest absolute Gasteiger partial charge is 0.282 e. The molecular formula is C10H11N3. The first kappa shape index (κ1) is 7.98. The summed E-state index contributed by atoms with van der Waals surface area (Å²) in [6.45, 7) is 3.98. The predicted octanol–water partition coefficient (Wildman–Crippen LogP) is 2.09. The lowest BCUT2D eigenvalue weighted by Gasteiger charge is -1.98. The second-order valence-corrected chi connectivity index (χ2v) is 3.10. The summed E-state index contributed by atoms with van der Waals surface area (Å²) in [5.74, 6) is 0. The third-order valence-electron chi connectivity index (χ3n) is 2.05. The standard InChI is InChI=1S/C10H11N3/c1-7-3-4-9(5-11-7)10-6-12-13-8(10)2/h3-6H,1-2H3,(H,12,13). The van der Waals surface area contributed by atoms with Gasteiger partial charge in [-0.3, -0.25) is 10.1 Å². The van der Waals surface area contributed by atoms with Crippen molar-refractivity contribution in [3.8, 4) is 11.1 Å². The van der Waals surface area contributed by atoms with Crippen LogP contribution in [0.3, 0.4) is 0 Å². The first-order valence-electron chi connectivity index (χ1n) is 4.20. The van der Waals surface area contributed by atoms with Crippen LogP contribution in [0.5, 0.6) is 0 Å². The summed E-state index contributed by atoms with van der Waals surface area (Å²) in [5, 5.41) is 6.87. The smallest absolute Gasteiger partial charge is 0.0569 e. The summed E-state index contributed by atoms with van der Waals surface area (Å²) in [5.41, 5.74) is 4.33. The van der Waals surface area contributed by atoms with Gasteiger partial charge >= 0.3 is 0 Å². The van der Waals surface area contributed by atoms with E-state index in [4.69, 9.17) is 0 Å². The average Bonchev–Trinajstić information content (AvgIpc) is 2.53. The van der Waals surface area contributed by atoms with E-state index in [1.54, 1.807) is 0 Å². The van der Waals surface area contributed by atoms with Crippen LogP contribution >= 0.6 is 0 Å². The highest BCUT2D eigenvalue weighted by molar-refractivity contribution is 5.63. The summed E-state index contributed by atoms with van der Waals surface area (Å²) < 4.78 is 0. The maximum Gasteiger partial charge on any atom is 0.0569 e. The molecule has 2 heterocycles. The number of nitrogens with one attached hydrogen (secondary N) is 1. The lowest BCUT2D eigenvalue weighted by Crippen LogP contribution is -1.83. The van der Waals surface area contributed by atoms with Gasteiger partial charge in [-0.1, -0.05) is 6.07 Å². The van der Waals surface area contributed by atoms with Crippen LogP contribution in [0.4, 0.5) is 0 Å². The molecule has 0 radical (unpaired) electrons. The fourth-order valence-electron chi connectivity index (χ4n) is 1.27. The van der Waals surface area contributed by atoms with Gasteiger partial charge in [0.2, 0.25) is 0 Å². The van der Waals surface area contributed by atoms with Gasteiger partial charge in [0.05, 0.1) is 6.20 Å². The number of H-pyrrole nitrogens is 1. The van der Waals surface area contributed by atoms with Crippen LogP contribution < -0.4 is 0 Å². The van der Waals surface area contributed by atoms with Gasteiger partial charge < -0.3 is 0 Å². The highest BCUT2D eigenvalue weighted by Gasteiger charge is 2.02. The van der Waals surface area contributed by atoms with Crippen molar-refractivity contribution in [1.82, 2.24) is 15.2 Å². The molecule has 66 valence electrons. The monoisotopic (exact) mass is 173 g/mol. The molecule has 2 aromatic heterocycles. The van der Waals surface area contributed by atoms with Gasteiger partial charge in [0.1, 0.15) is 0 Å². The zero-order chi connectivity index (χ0) is 9.26. The molecule has 13 heavy (non-hydrogen) atoms. The molecule has 0 saturated carbocycles. The van der Waals surface area contributed by atoms with Gasteiger partial charge in [-0.15, -0.1) is 0 Å². The number of hydrogen-bond donors (Lipinski definition) is 1. The number of aryl methyl sites for hydroxylation is 2. The van der Waals surface area contributed by atoms with Crippen molar-refractivity contribution < 1.29 is 0 Å². The van der Waals surface area contributed by atoms with Crippen molar-refractivity contribution in [2.75, 3.05) is 0 Å². The van der Waals surface area contributed by atoms with Crippen LogP contribution in [0.15, 0.2) is 24.5 Å². The molecule has 0 fully saturated rings. The second kappa shape index (κ2) is 3.01. The zero-order valence-corrected chi connectivity index (χ0v) is 7.70. The minimum absolute atomic E-state index is 1.03. The van der Waals surface area contributed by atoms with Gasteiger partial charge in [-0.2, -0.15) is 5.10 Å². The number of pyridine rings is 1. The highest BCUT2D eigenvalue weighted by atomic mass is 15.1. The number of rotatable bonds is 1. The molecule has 0 atom stereocenters. The fourth-order valence-corrected chi connectivity index (χ4v) is 1.27. The Hall–Kier alpha value is -1.64. The lowest BCUT2D eigenvalue weighted by atomic mass is 10.1. The van der Waals surface area contributed by atoms with E-state index in [1.807, 2.05) is 32.3 Å². The Morgan fingerprint density at radius 3 is 2.54 bits per heavy atom. The molecule has 0 aliphatic rings. The molecule has 0 saturated heterocycles. The van der Waals surface area contributed by atoms with E-state index < -0.39 is 0 Å². The Kier molecular flexibility index (Phi) is 1.85. The van der Waals surface area contributed by atoms with E-state index in [0.29, 0.717) is 0 Å². The SMILES string of the molecule is Cc1ccc(-c2cn[nH]c2C)cn1. The van der Waals surface area contributed by atoms with E-state index in [0.717, 1.165) is 22.5 Å². The number of hydrogen-bond acceptors (Lipinski definition) is 2. The van der Waals surface area contributed by atoms with Crippen LogP contribution in [-0.4, -0.2) is 15.2 Å². The first-order chi connectivity index (χ1) is 6.27. The van der Waals surface area contributed by atoms with Gasteiger partial charge in [0.15, 0.2) is 0 Å². The Labute approximate surface area is 76.8 Å². The topological polar surface area (TPSA) is 41.6 Å². The summed E-state index contributed by atoms with van der Waals surface area (Å²) in [6, 6.07) is 4.06. The van der Waals surface area contributed by atoms with Crippen molar-refractivity contribution in [1.29, 1.82) is 0 Å². The van der Waals surface area contributed by atoms with E-state index in [2.05, 4.69) is 21.2 Å². The Morgan fingerprint density at radius 1 is 1.15 bits per heavy atom. The molecule has 3 nitrogen and oxygen atoms in total. The molecule has 2 rings (SSSR count). The molecule has 0 aliphatic carbocycles. The third-order valence-corrected chi connectivity index (χ3v) is 2.05. The lowest BCUT2D eigenvalue weighted by molar-refractivity contribution is 1.05. The van der Waals surface area contributed by atoms with Crippen LogP contribution in [-0.2, 0) is 0 Å². The molecule has 0 spiro atoms. The minimum Gasteiger partial charge on any atom is -0.282 e. The first-order valence-corrected chi connectivity index (χ1v) is 4.20. The van der Waals surface area contributed by atoms with Gasteiger partial charge in [-0.25, -0.2) is 0 Å². The Morgan fingerprint density at radius 2 is 2.00 bits per heavy atom. The molecule has 2 aromatic rings. The van der Waals surface area contributed by atoms with Gasteiger partial charge in [0, 0.05) is 28.7 Å². The maximum absolute atomic E-state index is 4.23. The van der Waals surface area contributed by atoms with E-state index in [1.165, 1.54) is 0 Å². The van der Waals surface area contributed by atoms with Gasteiger partial charge in [-0.05, 0) is 19.9 Å². The van der Waals surface area contributed by atoms with Crippen molar-refractivity contribution in [2.45, 2.75) is 13.8 Å². The molecule has 0 aliphatic heterocycles. The summed E-state index contributed by atoms with van der Waals surface area (Å²) >= 11 is 0. The van der Waals surface area contributed by atoms with Crippen LogP contribution in [0.2, 0.25) is 0 Å². The molecule has 1 N–H and O–H groups in total. The van der Waals surface area contributed by atoms with E-state index >= 15 is 0 Å². The number of aromatic amines is 1.